The second-order valence-corrected chi connectivity index (χ2v) is 21.0. The zero-order valence-electron chi connectivity index (χ0n) is 47.9. The zero-order valence-corrected chi connectivity index (χ0v) is 47.9. The number of hydrogen-bond donors (Lipinski definition) is 0. The number of carbonyl (C=O) groups is 3. The highest BCUT2D eigenvalue weighted by atomic mass is 16.6. The van der Waals surface area contributed by atoms with Crippen molar-refractivity contribution in [2.45, 2.75) is 329 Å². The van der Waals surface area contributed by atoms with Gasteiger partial charge in [0.2, 0.25) is 0 Å². The van der Waals surface area contributed by atoms with Crippen molar-refractivity contribution in [3.63, 3.8) is 0 Å². The SMILES string of the molecule is CCCCCCC/C=C\C/C=C\C/C=C\CCCCCCCCCCC(=O)OCC(COC(=O)CCCCCCC/C=C\CCCCCCCC)OC(=O)CCCCCCC/C=C\CCCCCCCCC. The van der Waals surface area contributed by atoms with Crippen molar-refractivity contribution < 1.29 is 28.6 Å². The van der Waals surface area contributed by atoms with Crippen molar-refractivity contribution in [3.05, 3.63) is 60.8 Å². The highest BCUT2D eigenvalue weighted by molar-refractivity contribution is 5.71. The van der Waals surface area contributed by atoms with E-state index in [-0.39, 0.29) is 31.1 Å². The number of hydrogen-bond acceptors (Lipinski definition) is 6. The number of rotatable bonds is 57. The third-order valence-corrected chi connectivity index (χ3v) is 13.7. The van der Waals surface area contributed by atoms with E-state index in [1.165, 1.54) is 186 Å². The van der Waals surface area contributed by atoms with Gasteiger partial charge in [-0.1, -0.05) is 255 Å². The average Bonchev–Trinajstić information content (AvgIpc) is 3.38. The molecule has 0 aromatic rings. The van der Waals surface area contributed by atoms with E-state index in [4.69, 9.17) is 14.2 Å². The van der Waals surface area contributed by atoms with Crippen molar-refractivity contribution in [1.29, 1.82) is 0 Å². The van der Waals surface area contributed by atoms with E-state index in [1.54, 1.807) is 0 Å². The lowest BCUT2D eigenvalue weighted by Gasteiger charge is -2.18. The third-order valence-electron chi connectivity index (χ3n) is 13.7. The lowest BCUT2D eigenvalue weighted by atomic mass is 10.1. The van der Waals surface area contributed by atoms with Gasteiger partial charge in [0.1, 0.15) is 13.2 Å². The molecule has 0 aromatic heterocycles. The summed E-state index contributed by atoms with van der Waals surface area (Å²) in [4.78, 5) is 38.3. The Labute approximate surface area is 447 Å². The van der Waals surface area contributed by atoms with Crippen LogP contribution in [0.4, 0.5) is 0 Å². The van der Waals surface area contributed by atoms with Crippen molar-refractivity contribution in [2.24, 2.45) is 0 Å². The summed E-state index contributed by atoms with van der Waals surface area (Å²) in [6, 6.07) is 0. The van der Waals surface area contributed by atoms with Gasteiger partial charge in [0.15, 0.2) is 6.10 Å². The fourth-order valence-corrected chi connectivity index (χ4v) is 8.97. The molecule has 0 aliphatic rings. The fourth-order valence-electron chi connectivity index (χ4n) is 8.97. The van der Waals surface area contributed by atoms with Crippen LogP contribution in [0.3, 0.4) is 0 Å². The summed E-state index contributed by atoms with van der Waals surface area (Å²) in [6.07, 6.45) is 76.4. The van der Waals surface area contributed by atoms with Crippen LogP contribution in [-0.2, 0) is 28.6 Å². The fraction of sp³-hybridized carbons (Fsp3) is 0.803. The molecule has 0 amide bonds. The summed E-state index contributed by atoms with van der Waals surface area (Å²) in [5.74, 6) is -0.892. The van der Waals surface area contributed by atoms with Crippen LogP contribution in [0.25, 0.3) is 0 Å². The molecule has 0 radical (unpaired) electrons. The molecule has 0 saturated heterocycles. The Morgan fingerprint density at radius 3 is 0.792 bits per heavy atom. The molecular weight excluding hydrogens is 889 g/mol. The predicted molar refractivity (Wildman–Crippen MR) is 312 cm³/mol. The maximum Gasteiger partial charge on any atom is 0.306 e. The van der Waals surface area contributed by atoms with Crippen LogP contribution in [0.2, 0.25) is 0 Å². The summed E-state index contributed by atoms with van der Waals surface area (Å²) < 4.78 is 16.9. The van der Waals surface area contributed by atoms with E-state index >= 15 is 0 Å². The molecule has 0 N–H and O–H groups in total. The Hall–Kier alpha value is -2.89. The second-order valence-electron chi connectivity index (χ2n) is 21.0. The number of allylic oxidation sites excluding steroid dienone is 10. The number of unbranched alkanes of at least 4 members (excludes halogenated alkanes) is 36. The molecule has 0 heterocycles. The summed E-state index contributed by atoms with van der Waals surface area (Å²) in [5, 5.41) is 0. The van der Waals surface area contributed by atoms with Crippen LogP contribution in [0.5, 0.6) is 0 Å². The molecule has 6 heteroatoms. The van der Waals surface area contributed by atoms with Gasteiger partial charge in [-0.15, -0.1) is 0 Å². The quantitative estimate of drug-likeness (QED) is 0.0261. The van der Waals surface area contributed by atoms with Gasteiger partial charge in [-0.05, 0) is 109 Å². The summed E-state index contributed by atoms with van der Waals surface area (Å²) >= 11 is 0. The molecule has 1 atom stereocenters. The molecule has 1 unspecified atom stereocenters. The molecule has 0 rings (SSSR count). The van der Waals surface area contributed by atoms with E-state index in [9.17, 15) is 14.4 Å². The second kappa shape index (κ2) is 60.7. The Morgan fingerprint density at radius 1 is 0.278 bits per heavy atom. The van der Waals surface area contributed by atoms with Gasteiger partial charge in [-0.3, -0.25) is 14.4 Å². The van der Waals surface area contributed by atoms with Crippen LogP contribution < -0.4 is 0 Å². The molecule has 0 fully saturated rings. The van der Waals surface area contributed by atoms with Crippen molar-refractivity contribution in [3.8, 4) is 0 Å². The van der Waals surface area contributed by atoms with Crippen LogP contribution in [-0.4, -0.2) is 37.2 Å². The summed E-state index contributed by atoms with van der Waals surface area (Å²) in [5.41, 5.74) is 0. The molecule has 0 aromatic carbocycles. The molecule has 0 aliphatic heterocycles. The smallest absolute Gasteiger partial charge is 0.306 e. The Kier molecular flexibility index (Phi) is 58.2. The first-order chi connectivity index (χ1) is 35.5. The van der Waals surface area contributed by atoms with Crippen LogP contribution in [0, 0.1) is 0 Å². The van der Waals surface area contributed by atoms with E-state index < -0.39 is 6.10 Å². The largest absolute Gasteiger partial charge is 0.462 e. The van der Waals surface area contributed by atoms with Gasteiger partial charge in [-0.2, -0.15) is 0 Å². The lowest BCUT2D eigenvalue weighted by Crippen LogP contribution is -2.30. The zero-order chi connectivity index (χ0) is 52.2. The van der Waals surface area contributed by atoms with E-state index in [0.717, 1.165) is 96.3 Å². The maximum atomic E-state index is 12.9. The van der Waals surface area contributed by atoms with Crippen LogP contribution >= 0.6 is 0 Å². The summed E-state index contributed by atoms with van der Waals surface area (Å²) in [6.45, 7) is 6.64. The lowest BCUT2D eigenvalue weighted by molar-refractivity contribution is -0.167. The maximum absolute atomic E-state index is 12.9. The van der Waals surface area contributed by atoms with Crippen molar-refractivity contribution >= 4 is 17.9 Å². The molecule has 418 valence electrons. The van der Waals surface area contributed by atoms with Crippen molar-refractivity contribution in [2.75, 3.05) is 13.2 Å². The molecular formula is C66H118O6. The van der Waals surface area contributed by atoms with E-state index in [1.807, 2.05) is 0 Å². The first-order valence-electron chi connectivity index (χ1n) is 31.3. The standard InChI is InChI=1S/C66H118O6/c1-4-7-10-13-16-19-22-25-28-30-31-32-33-34-35-36-39-41-44-47-50-53-56-59-65(68)71-62-63(61-70-64(67)58-55-52-49-46-43-40-37-27-24-21-18-15-12-9-6-3)72-66(69)60-57-54-51-48-45-42-38-29-26-23-20-17-14-11-8-5-2/h22,25,27,29-31,33-34,37-38,63H,4-21,23-24,26,28,32,35-36,39-62H2,1-3H3/b25-22-,31-30-,34-33-,37-27-,38-29-. The highest BCUT2D eigenvalue weighted by Crippen LogP contribution is 2.16. The van der Waals surface area contributed by atoms with E-state index in [0.29, 0.717) is 19.3 Å². The van der Waals surface area contributed by atoms with Crippen LogP contribution in [0.1, 0.15) is 323 Å². The Morgan fingerprint density at radius 2 is 0.500 bits per heavy atom. The molecule has 0 saturated carbocycles. The normalized spacial score (nSPS) is 12.4. The number of ether oxygens (including phenoxy) is 3. The molecule has 6 nitrogen and oxygen atoms in total. The van der Waals surface area contributed by atoms with Gasteiger partial charge in [0, 0.05) is 19.3 Å². The predicted octanol–water partition coefficient (Wildman–Crippen LogP) is 21.2. The topological polar surface area (TPSA) is 78.9 Å². The Balaban J connectivity index is 4.36. The first-order valence-corrected chi connectivity index (χ1v) is 31.3. The minimum atomic E-state index is -0.785. The number of esters is 3. The van der Waals surface area contributed by atoms with Gasteiger partial charge in [0.25, 0.3) is 0 Å². The third kappa shape index (κ3) is 58.0. The minimum Gasteiger partial charge on any atom is -0.462 e. The van der Waals surface area contributed by atoms with Gasteiger partial charge in [-0.25, -0.2) is 0 Å². The number of carbonyl (C=O) groups excluding carboxylic acids is 3. The summed E-state index contributed by atoms with van der Waals surface area (Å²) in [7, 11) is 0. The van der Waals surface area contributed by atoms with Gasteiger partial charge >= 0.3 is 17.9 Å². The average molecular weight is 1010 g/mol. The van der Waals surface area contributed by atoms with Crippen LogP contribution in [0.15, 0.2) is 60.8 Å². The van der Waals surface area contributed by atoms with E-state index in [2.05, 4.69) is 81.5 Å². The molecule has 0 bridgehead atoms. The van der Waals surface area contributed by atoms with Gasteiger partial charge < -0.3 is 14.2 Å². The minimum absolute atomic E-state index is 0.0828. The monoisotopic (exact) mass is 1010 g/mol. The van der Waals surface area contributed by atoms with Crippen molar-refractivity contribution in [1.82, 2.24) is 0 Å². The molecule has 72 heavy (non-hydrogen) atoms. The Bertz CT molecular complexity index is 1290. The first kappa shape index (κ1) is 69.1. The molecule has 0 aliphatic carbocycles. The molecule has 0 spiro atoms. The highest BCUT2D eigenvalue weighted by Gasteiger charge is 2.19. The van der Waals surface area contributed by atoms with Gasteiger partial charge in [0.05, 0.1) is 0 Å².